The molecule has 6 N–H and O–H groups in total. The van der Waals surface area contributed by atoms with Gasteiger partial charge in [0.1, 0.15) is 5.54 Å². The SMILES string of the molecule is CCCCCC(C(=O)O)(C(N)CC)N(C)C.N. The first-order valence-corrected chi connectivity index (χ1v) is 6.09. The predicted octanol–water partition coefficient (Wildman–Crippen LogP) is 1.85. The van der Waals surface area contributed by atoms with Gasteiger partial charge in [0.2, 0.25) is 0 Å². The van der Waals surface area contributed by atoms with E-state index in [-0.39, 0.29) is 12.2 Å². The standard InChI is InChI=1S/C12H26N2O2.H3N/c1-5-7-8-9-12(11(15)16,14(3)4)10(13)6-2;/h10H,5-9,13H2,1-4H3,(H,15,16);1H3. The Morgan fingerprint density at radius 1 is 1.35 bits per heavy atom. The Morgan fingerprint density at radius 2 is 1.88 bits per heavy atom. The molecule has 0 aromatic rings. The Kier molecular flexibility index (Phi) is 9.29. The summed E-state index contributed by atoms with van der Waals surface area (Å²) in [6, 6.07) is -0.322. The van der Waals surface area contributed by atoms with Crippen LogP contribution in [0.1, 0.15) is 46.0 Å². The predicted molar refractivity (Wildman–Crippen MR) is 71.5 cm³/mol. The minimum Gasteiger partial charge on any atom is -0.480 e. The van der Waals surface area contributed by atoms with E-state index in [1.165, 1.54) is 0 Å². The summed E-state index contributed by atoms with van der Waals surface area (Å²) in [7, 11) is 3.60. The number of hydrogen-bond donors (Lipinski definition) is 3. The van der Waals surface area contributed by atoms with Crippen LogP contribution in [0.3, 0.4) is 0 Å². The topological polar surface area (TPSA) is 102 Å². The van der Waals surface area contributed by atoms with Crippen molar-refractivity contribution >= 4 is 5.97 Å². The average Bonchev–Trinajstić information content (AvgIpc) is 2.22. The zero-order valence-corrected chi connectivity index (χ0v) is 11.7. The number of aliphatic carboxylic acids is 1. The number of likely N-dealkylation sites (N-methyl/N-ethyl adjacent to an activating group) is 1. The van der Waals surface area contributed by atoms with Gasteiger partial charge in [0, 0.05) is 6.04 Å². The lowest BCUT2D eigenvalue weighted by Gasteiger charge is -2.40. The normalized spacial score (nSPS) is 16.1. The smallest absolute Gasteiger partial charge is 0.325 e. The molecular formula is C12H29N3O2. The fourth-order valence-electron chi connectivity index (χ4n) is 2.18. The molecule has 2 atom stereocenters. The van der Waals surface area contributed by atoms with Gasteiger partial charge in [-0.3, -0.25) is 9.69 Å². The first-order chi connectivity index (χ1) is 7.43. The van der Waals surface area contributed by atoms with Crippen molar-refractivity contribution in [2.45, 2.75) is 57.5 Å². The van der Waals surface area contributed by atoms with Gasteiger partial charge in [-0.2, -0.15) is 0 Å². The van der Waals surface area contributed by atoms with Crippen LogP contribution in [0.2, 0.25) is 0 Å². The van der Waals surface area contributed by atoms with E-state index in [4.69, 9.17) is 5.73 Å². The van der Waals surface area contributed by atoms with E-state index in [2.05, 4.69) is 6.92 Å². The van der Waals surface area contributed by atoms with E-state index in [1.54, 1.807) is 19.0 Å². The van der Waals surface area contributed by atoms with E-state index in [0.29, 0.717) is 12.8 Å². The van der Waals surface area contributed by atoms with Crippen LogP contribution in [-0.4, -0.2) is 41.7 Å². The second-order valence-corrected chi connectivity index (χ2v) is 4.60. The van der Waals surface area contributed by atoms with Crippen LogP contribution < -0.4 is 11.9 Å². The molecule has 0 radical (unpaired) electrons. The van der Waals surface area contributed by atoms with Gasteiger partial charge >= 0.3 is 5.97 Å². The number of nitrogens with zero attached hydrogens (tertiary/aromatic N) is 1. The summed E-state index contributed by atoms with van der Waals surface area (Å²) >= 11 is 0. The van der Waals surface area contributed by atoms with Crippen LogP contribution in [0.4, 0.5) is 0 Å². The molecule has 0 aromatic heterocycles. The van der Waals surface area contributed by atoms with E-state index in [0.717, 1.165) is 19.3 Å². The van der Waals surface area contributed by atoms with Crippen molar-refractivity contribution < 1.29 is 9.90 Å². The Labute approximate surface area is 105 Å². The molecule has 0 saturated carbocycles. The van der Waals surface area contributed by atoms with E-state index in [9.17, 15) is 9.90 Å². The third kappa shape index (κ3) is 4.26. The maximum atomic E-state index is 11.5. The molecule has 104 valence electrons. The van der Waals surface area contributed by atoms with Crippen molar-refractivity contribution in [3.63, 3.8) is 0 Å². The number of nitrogens with two attached hydrogens (primary N) is 1. The monoisotopic (exact) mass is 247 g/mol. The molecule has 0 amide bonds. The van der Waals surface area contributed by atoms with Gasteiger partial charge in [0.05, 0.1) is 0 Å². The lowest BCUT2D eigenvalue weighted by Crippen LogP contribution is -2.62. The molecule has 5 heteroatoms. The molecule has 0 bridgehead atoms. The second kappa shape index (κ2) is 8.44. The van der Waals surface area contributed by atoms with E-state index >= 15 is 0 Å². The average molecular weight is 247 g/mol. The highest BCUT2D eigenvalue weighted by molar-refractivity contribution is 5.79. The molecule has 0 aliphatic heterocycles. The van der Waals surface area contributed by atoms with Crippen LogP contribution >= 0.6 is 0 Å². The molecule has 0 saturated heterocycles. The molecule has 0 fully saturated rings. The number of carboxylic acids is 1. The minimum atomic E-state index is -0.913. The maximum absolute atomic E-state index is 11.5. The van der Waals surface area contributed by atoms with Crippen molar-refractivity contribution in [2.75, 3.05) is 14.1 Å². The third-order valence-electron chi connectivity index (χ3n) is 3.38. The number of unbranched alkanes of at least 4 members (excludes halogenated alkanes) is 2. The van der Waals surface area contributed by atoms with Crippen molar-refractivity contribution in [2.24, 2.45) is 5.73 Å². The zero-order chi connectivity index (χ0) is 12.8. The molecular weight excluding hydrogens is 218 g/mol. The molecule has 17 heavy (non-hydrogen) atoms. The van der Waals surface area contributed by atoms with Gasteiger partial charge in [0.15, 0.2) is 0 Å². The molecule has 0 spiro atoms. The van der Waals surface area contributed by atoms with Crippen LogP contribution in [0.5, 0.6) is 0 Å². The summed E-state index contributed by atoms with van der Waals surface area (Å²) in [6.07, 6.45) is 4.35. The highest BCUT2D eigenvalue weighted by Crippen LogP contribution is 2.26. The van der Waals surface area contributed by atoms with Crippen molar-refractivity contribution in [3.05, 3.63) is 0 Å². The van der Waals surface area contributed by atoms with E-state index in [1.807, 2.05) is 6.92 Å². The summed E-state index contributed by atoms with van der Waals surface area (Å²) < 4.78 is 0. The number of carbonyl (C=O) groups is 1. The number of hydrogen-bond acceptors (Lipinski definition) is 4. The lowest BCUT2D eigenvalue weighted by atomic mass is 9.82. The highest BCUT2D eigenvalue weighted by atomic mass is 16.4. The molecule has 2 unspecified atom stereocenters. The van der Waals surface area contributed by atoms with Crippen LogP contribution in [0, 0.1) is 0 Å². The van der Waals surface area contributed by atoms with Crippen LogP contribution in [-0.2, 0) is 4.79 Å². The Hall–Kier alpha value is -0.650. The number of rotatable bonds is 8. The van der Waals surface area contributed by atoms with Gasteiger partial charge in [0.25, 0.3) is 0 Å². The van der Waals surface area contributed by atoms with Crippen LogP contribution in [0.15, 0.2) is 0 Å². The summed E-state index contributed by atoms with van der Waals surface area (Å²) in [5.74, 6) is -0.803. The summed E-state index contributed by atoms with van der Waals surface area (Å²) in [5.41, 5.74) is 5.10. The maximum Gasteiger partial charge on any atom is 0.325 e. The Morgan fingerprint density at radius 3 is 2.18 bits per heavy atom. The molecule has 0 aliphatic carbocycles. The van der Waals surface area contributed by atoms with E-state index < -0.39 is 11.5 Å². The first kappa shape index (κ1) is 18.7. The summed E-state index contributed by atoms with van der Waals surface area (Å²) in [4.78, 5) is 13.3. The third-order valence-corrected chi connectivity index (χ3v) is 3.38. The highest BCUT2D eigenvalue weighted by Gasteiger charge is 2.44. The van der Waals surface area contributed by atoms with Gasteiger partial charge in [-0.25, -0.2) is 0 Å². The molecule has 0 aromatic carbocycles. The number of carboxylic acid groups (broad SMARTS) is 1. The Balaban J connectivity index is 0. The van der Waals surface area contributed by atoms with Crippen molar-refractivity contribution in [1.82, 2.24) is 11.1 Å². The zero-order valence-electron chi connectivity index (χ0n) is 11.7. The van der Waals surface area contributed by atoms with Gasteiger partial charge in [-0.05, 0) is 26.9 Å². The summed E-state index contributed by atoms with van der Waals surface area (Å²) in [6.45, 7) is 4.05. The fraction of sp³-hybridized carbons (Fsp3) is 0.917. The van der Waals surface area contributed by atoms with Crippen molar-refractivity contribution in [1.29, 1.82) is 0 Å². The first-order valence-electron chi connectivity index (χ1n) is 6.09. The largest absolute Gasteiger partial charge is 0.480 e. The fourth-order valence-corrected chi connectivity index (χ4v) is 2.18. The van der Waals surface area contributed by atoms with Crippen LogP contribution in [0.25, 0.3) is 0 Å². The lowest BCUT2D eigenvalue weighted by molar-refractivity contribution is -0.152. The molecule has 5 nitrogen and oxygen atoms in total. The van der Waals surface area contributed by atoms with Gasteiger partial charge < -0.3 is 17.0 Å². The molecule has 0 heterocycles. The second-order valence-electron chi connectivity index (χ2n) is 4.60. The van der Waals surface area contributed by atoms with Gasteiger partial charge in [-0.15, -0.1) is 0 Å². The summed E-state index contributed by atoms with van der Waals surface area (Å²) in [5, 5.41) is 9.47. The quantitative estimate of drug-likeness (QED) is 0.568. The van der Waals surface area contributed by atoms with Crippen molar-refractivity contribution in [3.8, 4) is 0 Å². The van der Waals surface area contributed by atoms with Gasteiger partial charge in [-0.1, -0.05) is 33.1 Å². The molecule has 0 rings (SSSR count). The molecule has 0 aliphatic rings. The Bertz CT molecular complexity index is 222. The minimum absolute atomic E-state index is 0.